The predicted octanol–water partition coefficient (Wildman–Crippen LogP) is 1.80. The molecule has 0 radical (unpaired) electrons. The van der Waals surface area contributed by atoms with Crippen LogP contribution in [-0.2, 0) is 9.53 Å². The molecule has 1 saturated heterocycles. The molecule has 1 heterocycles. The summed E-state index contributed by atoms with van der Waals surface area (Å²) in [5.74, 6) is 0.801. The maximum Gasteiger partial charge on any atom is 0.306 e. The Morgan fingerprint density at radius 1 is 1.67 bits per heavy atom. The Morgan fingerprint density at radius 2 is 2.27 bits per heavy atom. The highest BCUT2D eigenvalue weighted by Gasteiger charge is 2.48. The van der Waals surface area contributed by atoms with Gasteiger partial charge < -0.3 is 10.5 Å². The van der Waals surface area contributed by atoms with Crippen molar-refractivity contribution in [3.8, 4) is 0 Å². The minimum Gasteiger partial charge on any atom is -0.469 e. The summed E-state index contributed by atoms with van der Waals surface area (Å²) in [6, 6.07) is 0. The van der Waals surface area contributed by atoms with Crippen LogP contribution in [0, 0.1) is 5.41 Å². The first kappa shape index (κ1) is 12.8. The number of carbonyl (C=O) groups excluding carboxylic acids is 1. The SMILES string of the molecule is COC(=O)CC1(C(C)(C)N)CSC(C)C1. The lowest BCUT2D eigenvalue weighted by atomic mass is 9.68. The molecule has 0 spiro atoms. The summed E-state index contributed by atoms with van der Waals surface area (Å²) in [6.07, 6.45) is 1.43. The summed E-state index contributed by atoms with van der Waals surface area (Å²) < 4.78 is 4.76. The van der Waals surface area contributed by atoms with Gasteiger partial charge in [-0.15, -0.1) is 0 Å². The molecule has 0 saturated carbocycles. The van der Waals surface area contributed by atoms with Gasteiger partial charge in [0.2, 0.25) is 0 Å². The Morgan fingerprint density at radius 3 is 2.60 bits per heavy atom. The average Bonchev–Trinajstić information content (AvgIpc) is 2.47. The number of methoxy groups -OCH3 is 1. The molecule has 0 bridgehead atoms. The topological polar surface area (TPSA) is 52.3 Å². The van der Waals surface area contributed by atoms with E-state index in [4.69, 9.17) is 10.5 Å². The highest BCUT2D eigenvalue weighted by Crippen LogP contribution is 2.49. The van der Waals surface area contributed by atoms with Gasteiger partial charge in [0.25, 0.3) is 0 Å². The molecule has 2 atom stereocenters. The number of esters is 1. The average molecular weight is 231 g/mol. The molecule has 0 aliphatic carbocycles. The van der Waals surface area contributed by atoms with Crippen LogP contribution in [0.4, 0.5) is 0 Å². The van der Waals surface area contributed by atoms with Gasteiger partial charge in [-0.1, -0.05) is 6.92 Å². The van der Waals surface area contributed by atoms with Gasteiger partial charge in [-0.3, -0.25) is 4.79 Å². The Kier molecular flexibility index (Phi) is 3.71. The van der Waals surface area contributed by atoms with Gasteiger partial charge in [0, 0.05) is 22.0 Å². The summed E-state index contributed by atoms with van der Waals surface area (Å²) in [6.45, 7) is 6.21. The number of ether oxygens (including phenoxy) is 1. The molecule has 15 heavy (non-hydrogen) atoms. The lowest BCUT2D eigenvalue weighted by Crippen LogP contribution is -2.52. The summed E-state index contributed by atoms with van der Waals surface area (Å²) in [5.41, 5.74) is 5.78. The van der Waals surface area contributed by atoms with Crippen molar-refractivity contribution in [1.29, 1.82) is 0 Å². The highest BCUT2D eigenvalue weighted by molar-refractivity contribution is 8.00. The third-order valence-corrected chi connectivity index (χ3v) is 4.85. The Hall–Kier alpha value is -0.220. The monoisotopic (exact) mass is 231 g/mol. The van der Waals surface area contributed by atoms with E-state index in [-0.39, 0.29) is 16.9 Å². The van der Waals surface area contributed by atoms with Gasteiger partial charge in [-0.05, 0) is 20.3 Å². The van der Waals surface area contributed by atoms with E-state index in [2.05, 4.69) is 6.92 Å². The van der Waals surface area contributed by atoms with Crippen LogP contribution < -0.4 is 5.73 Å². The molecular formula is C11H21NO2S. The van der Waals surface area contributed by atoms with Crippen molar-refractivity contribution in [3.05, 3.63) is 0 Å². The molecule has 0 amide bonds. The molecule has 1 rings (SSSR count). The number of hydrogen-bond donors (Lipinski definition) is 1. The van der Waals surface area contributed by atoms with Gasteiger partial charge in [0.1, 0.15) is 0 Å². The number of hydrogen-bond acceptors (Lipinski definition) is 4. The maximum atomic E-state index is 11.4. The number of carbonyl (C=O) groups is 1. The first-order chi connectivity index (χ1) is 6.81. The van der Waals surface area contributed by atoms with Crippen LogP contribution in [0.3, 0.4) is 0 Å². The third kappa shape index (κ3) is 2.67. The van der Waals surface area contributed by atoms with Crippen LogP contribution in [0.2, 0.25) is 0 Å². The minimum absolute atomic E-state index is 0.107. The van der Waals surface area contributed by atoms with Crippen LogP contribution in [0.15, 0.2) is 0 Å². The molecule has 2 N–H and O–H groups in total. The van der Waals surface area contributed by atoms with Crippen molar-refractivity contribution in [2.45, 2.75) is 44.4 Å². The Labute approximate surface area is 96.1 Å². The zero-order valence-corrected chi connectivity index (χ0v) is 10.8. The van der Waals surface area contributed by atoms with Gasteiger partial charge in [-0.2, -0.15) is 11.8 Å². The van der Waals surface area contributed by atoms with E-state index in [1.165, 1.54) is 7.11 Å². The molecule has 2 unspecified atom stereocenters. The lowest BCUT2D eigenvalue weighted by molar-refractivity contribution is -0.144. The standard InChI is InChI=1S/C11H21NO2S/c1-8-5-11(7-15-8,10(2,3)12)6-9(13)14-4/h8H,5-7,12H2,1-4H3. The van der Waals surface area contributed by atoms with Crippen molar-refractivity contribution in [1.82, 2.24) is 0 Å². The van der Waals surface area contributed by atoms with Gasteiger partial charge in [0.05, 0.1) is 13.5 Å². The predicted molar refractivity (Wildman–Crippen MR) is 63.9 cm³/mol. The molecule has 0 aromatic rings. The van der Waals surface area contributed by atoms with Crippen molar-refractivity contribution >= 4 is 17.7 Å². The highest BCUT2D eigenvalue weighted by atomic mass is 32.2. The summed E-state index contributed by atoms with van der Waals surface area (Å²) in [4.78, 5) is 11.4. The third-order valence-electron chi connectivity index (χ3n) is 3.40. The van der Waals surface area contributed by atoms with E-state index < -0.39 is 0 Å². The van der Waals surface area contributed by atoms with E-state index in [0.29, 0.717) is 11.7 Å². The van der Waals surface area contributed by atoms with E-state index in [9.17, 15) is 4.79 Å². The minimum atomic E-state index is -0.334. The second-order valence-electron chi connectivity index (χ2n) is 5.08. The van der Waals surface area contributed by atoms with Crippen LogP contribution in [-0.4, -0.2) is 29.6 Å². The van der Waals surface area contributed by atoms with Crippen LogP contribution in [0.25, 0.3) is 0 Å². The summed E-state index contributed by atoms with van der Waals surface area (Å²) >= 11 is 1.90. The van der Waals surface area contributed by atoms with E-state index in [1.807, 2.05) is 25.6 Å². The molecule has 0 aromatic carbocycles. The zero-order chi connectivity index (χ0) is 11.7. The molecule has 1 fully saturated rings. The molecule has 0 aromatic heterocycles. The molecule has 4 heteroatoms. The quantitative estimate of drug-likeness (QED) is 0.753. The molecule has 1 aliphatic rings. The molecule has 3 nitrogen and oxygen atoms in total. The van der Waals surface area contributed by atoms with Crippen molar-refractivity contribution in [2.75, 3.05) is 12.9 Å². The van der Waals surface area contributed by atoms with E-state index >= 15 is 0 Å². The fourth-order valence-electron chi connectivity index (χ4n) is 2.12. The zero-order valence-electron chi connectivity index (χ0n) is 10.0. The van der Waals surface area contributed by atoms with Gasteiger partial charge in [-0.25, -0.2) is 0 Å². The van der Waals surface area contributed by atoms with E-state index in [1.54, 1.807) is 0 Å². The summed E-state index contributed by atoms with van der Waals surface area (Å²) in [7, 11) is 1.44. The van der Waals surface area contributed by atoms with Crippen molar-refractivity contribution in [3.63, 3.8) is 0 Å². The fourth-order valence-corrected chi connectivity index (χ4v) is 3.75. The van der Waals surface area contributed by atoms with Crippen molar-refractivity contribution in [2.24, 2.45) is 11.1 Å². The molecule has 1 aliphatic heterocycles. The van der Waals surface area contributed by atoms with Crippen LogP contribution in [0.5, 0.6) is 0 Å². The number of rotatable bonds is 3. The largest absolute Gasteiger partial charge is 0.469 e. The number of nitrogens with two attached hydrogens (primary N) is 1. The van der Waals surface area contributed by atoms with Crippen molar-refractivity contribution < 1.29 is 9.53 Å². The molecular weight excluding hydrogens is 210 g/mol. The van der Waals surface area contributed by atoms with E-state index in [0.717, 1.165) is 12.2 Å². The van der Waals surface area contributed by atoms with Crippen LogP contribution in [0.1, 0.15) is 33.6 Å². The second kappa shape index (κ2) is 4.34. The maximum absolute atomic E-state index is 11.4. The lowest BCUT2D eigenvalue weighted by Gasteiger charge is -2.40. The first-order valence-corrected chi connectivity index (χ1v) is 6.33. The van der Waals surface area contributed by atoms with Gasteiger partial charge in [0.15, 0.2) is 0 Å². The molecule has 88 valence electrons. The Bertz CT molecular complexity index is 249. The van der Waals surface area contributed by atoms with Gasteiger partial charge >= 0.3 is 5.97 Å². The second-order valence-corrected chi connectivity index (χ2v) is 6.51. The normalized spacial score (nSPS) is 31.7. The van der Waals surface area contributed by atoms with Crippen LogP contribution >= 0.6 is 11.8 Å². The fraction of sp³-hybridized carbons (Fsp3) is 0.909. The number of thioether (sulfide) groups is 1. The Balaban J connectivity index is 2.84. The summed E-state index contributed by atoms with van der Waals surface area (Å²) in [5, 5.41) is 0.581. The first-order valence-electron chi connectivity index (χ1n) is 5.28. The smallest absolute Gasteiger partial charge is 0.306 e.